The van der Waals surface area contributed by atoms with Crippen molar-refractivity contribution in [1.29, 1.82) is 0 Å². The molecule has 20 heavy (non-hydrogen) atoms. The van der Waals surface area contributed by atoms with Crippen molar-refractivity contribution in [3.63, 3.8) is 0 Å². The van der Waals surface area contributed by atoms with Crippen LogP contribution < -0.4 is 0 Å². The van der Waals surface area contributed by atoms with E-state index in [4.69, 9.17) is 0 Å². The van der Waals surface area contributed by atoms with Crippen LogP contribution in [0.25, 0.3) is 0 Å². The summed E-state index contributed by atoms with van der Waals surface area (Å²) in [4.78, 5) is 3.80. The van der Waals surface area contributed by atoms with Gasteiger partial charge in [-0.1, -0.05) is 18.2 Å². The molecular formula is C14H20N2O2S2. The van der Waals surface area contributed by atoms with Crippen molar-refractivity contribution in [3.05, 3.63) is 29.8 Å². The van der Waals surface area contributed by atoms with Crippen molar-refractivity contribution in [2.75, 3.05) is 39.0 Å². The molecule has 1 aromatic carbocycles. The van der Waals surface area contributed by atoms with E-state index in [-0.39, 0.29) is 0 Å². The molecule has 1 fully saturated rings. The highest BCUT2D eigenvalue weighted by Crippen LogP contribution is 2.37. The van der Waals surface area contributed by atoms with Crippen molar-refractivity contribution in [2.45, 2.75) is 16.6 Å². The predicted molar refractivity (Wildman–Crippen MR) is 82.6 cm³/mol. The molecule has 4 nitrogen and oxygen atoms in total. The maximum absolute atomic E-state index is 11.5. The lowest BCUT2D eigenvalue weighted by atomic mass is 10.1. The maximum Gasteiger partial charge on any atom is 0.211 e. The van der Waals surface area contributed by atoms with Crippen LogP contribution in [0.1, 0.15) is 5.56 Å². The van der Waals surface area contributed by atoms with Crippen molar-refractivity contribution < 1.29 is 8.42 Å². The molecule has 2 aliphatic heterocycles. The van der Waals surface area contributed by atoms with Gasteiger partial charge in [-0.2, -0.15) is 4.31 Å². The molecule has 2 aliphatic rings. The van der Waals surface area contributed by atoms with E-state index in [2.05, 4.69) is 29.2 Å². The number of piperazine rings is 1. The molecule has 0 amide bonds. The monoisotopic (exact) mass is 312 g/mol. The zero-order chi connectivity index (χ0) is 14.2. The van der Waals surface area contributed by atoms with Gasteiger partial charge in [-0.15, -0.1) is 11.8 Å². The summed E-state index contributed by atoms with van der Waals surface area (Å²) in [6.45, 7) is 4.00. The molecule has 0 radical (unpaired) electrons. The molecule has 1 atom stereocenters. The molecule has 6 heteroatoms. The van der Waals surface area contributed by atoms with E-state index in [1.54, 1.807) is 4.31 Å². The molecule has 2 heterocycles. The van der Waals surface area contributed by atoms with Crippen LogP contribution in [0, 0.1) is 0 Å². The molecule has 3 rings (SSSR count). The summed E-state index contributed by atoms with van der Waals surface area (Å²) in [6, 6.07) is 8.61. The Morgan fingerprint density at radius 2 is 1.90 bits per heavy atom. The Hall–Kier alpha value is -0.560. The van der Waals surface area contributed by atoms with Gasteiger partial charge in [0.15, 0.2) is 0 Å². The first-order valence-electron chi connectivity index (χ1n) is 6.94. The number of nitrogens with zero attached hydrogens (tertiary/aromatic N) is 2. The van der Waals surface area contributed by atoms with E-state index in [1.807, 2.05) is 11.8 Å². The fraction of sp³-hybridized carbons (Fsp3) is 0.571. The van der Waals surface area contributed by atoms with Crippen LogP contribution >= 0.6 is 11.8 Å². The van der Waals surface area contributed by atoms with E-state index >= 15 is 0 Å². The number of thioether (sulfide) groups is 1. The standard InChI is InChI=1S/C14H20N2O2S2/c1-20(17,18)16-8-6-15(7-9-16)11-13-10-12-4-2-3-5-14(12)19-13/h2-5,13H,6-11H2,1H3. The van der Waals surface area contributed by atoms with Gasteiger partial charge >= 0.3 is 0 Å². The first-order chi connectivity index (χ1) is 9.52. The smallest absolute Gasteiger partial charge is 0.211 e. The minimum Gasteiger partial charge on any atom is -0.300 e. The topological polar surface area (TPSA) is 40.6 Å². The van der Waals surface area contributed by atoms with Crippen LogP contribution in [0.4, 0.5) is 0 Å². The minimum atomic E-state index is -3.02. The number of hydrogen-bond acceptors (Lipinski definition) is 4. The van der Waals surface area contributed by atoms with E-state index in [0.29, 0.717) is 18.3 Å². The zero-order valence-corrected chi connectivity index (χ0v) is 13.3. The summed E-state index contributed by atoms with van der Waals surface area (Å²) in [7, 11) is -3.02. The first-order valence-corrected chi connectivity index (χ1v) is 9.67. The zero-order valence-electron chi connectivity index (χ0n) is 11.7. The van der Waals surface area contributed by atoms with Gasteiger partial charge in [-0.25, -0.2) is 8.42 Å². The molecule has 110 valence electrons. The summed E-state index contributed by atoms with van der Waals surface area (Å²) in [5.41, 5.74) is 1.46. The fourth-order valence-corrected chi connectivity index (χ4v) is 5.08. The summed E-state index contributed by atoms with van der Waals surface area (Å²) in [5, 5.41) is 0.609. The Labute approximate surface area is 125 Å². The maximum atomic E-state index is 11.5. The molecule has 0 aliphatic carbocycles. The Morgan fingerprint density at radius 3 is 2.55 bits per heavy atom. The molecule has 0 spiro atoms. The van der Waals surface area contributed by atoms with Gasteiger partial charge in [-0.05, 0) is 18.1 Å². The van der Waals surface area contributed by atoms with E-state index in [1.165, 1.54) is 16.7 Å². The van der Waals surface area contributed by atoms with E-state index < -0.39 is 10.0 Å². The molecule has 0 N–H and O–H groups in total. The summed E-state index contributed by atoms with van der Waals surface area (Å²) in [5.74, 6) is 0. The van der Waals surface area contributed by atoms with Gasteiger partial charge in [0.05, 0.1) is 6.26 Å². The van der Waals surface area contributed by atoms with Crippen molar-refractivity contribution in [3.8, 4) is 0 Å². The van der Waals surface area contributed by atoms with Crippen molar-refractivity contribution in [2.24, 2.45) is 0 Å². The van der Waals surface area contributed by atoms with Crippen LogP contribution in [0.3, 0.4) is 0 Å². The number of rotatable bonds is 3. The lowest BCUT2D eigenvalue weighted by Gasteiger charge is -2.34. The van der Waals surface area contributed by atoms with Crippen molar-refractivity contribution >= 4 is 21.8 Å². The fourth-order valence-electron chi connectivity index (χ4n) is 2.89. The molecule has 1 aromatic rings. The van der Waals surface area contributed by atoms with E-state index in [9.17, 15) is 8.42 Å². The molecular weight excluding hydrogens is 292 g/mol. The minimum absolute atomic E-state index is 0.609. The molecule has 1 saturated heterocycles. The second kappa shape index (κ2) is 5.67. The van der Waals surface area contributed by atoms with Crippen LogP contribution in [0.5, 0.6) is 0 Å². The Bertz CT molecular complexity index is 556. The molecule has 1 unspecified atom stereocenters. The Kier molecular flexibility index (Phi) is 4.08. The molecule has 0 bridgehead atoms. The van der Waals surface area contributed by atoms with Crippen LogP contribution in [-0.2, 0) is 16.4 Å². The van der Waals surface area contributed by atoms with Gasteiger partial charge in [0.25, 0.3) is 0 Å². The summed E-state index contributed by atoms with van der Waals surface area (Å²) in [6.07, 6.45) is 2.43. The number of fused-ring (bicyclic) bond motifs is 1. The number of hydrogen-bond donors (Lipinski definition) is 0. The van der Waals surface area contributed by atoms with Gasteiger partial charge in [-0.3, -0.25) is 4.90 Å². The normalized spacial score (nSPS) is 24.8. The first kappa shape index (κ1) is 14.4. The van der Waals surface area contributed by atoms with Gasteiger partial charge in [0, 0.05) is 42.9 Å². The molecule has 0 saturated carbocycles. The third-order valence-electron chi connectivity index (χ3n) is 3.98. The van der Waals surface area contributed by atoms with Crippen molar-refractivity contribution in [1.82, 2.24) is 9.21 Å². The quantitative estimate of drug-likeness (QED) is 0.843. The number of benzene rings is 1. The van der Waals surface area contributed by atoms with Crippen LogP contribution in [0.15, 0.2) is 29.2 Å². The SMILES string of the molecule is CS(=O)(=O)N1CCN(CC2Cc3ccccc3S2)CC1. The second-order valence-corrected chi connectivity index (χ2v) is 8.84. The van der Waals surface area contributed by atoms with Crippen LogP contribution in [0.2, 0.25) is 0 Å². The highest BCUT2D eigenvalue weighted by Gasteiger charge is 2.27. The lowest BCUT2D eigenvalue weighted by molar-refractivity contribution is 0.190. The predicted octanol–water partition coefficient (Wildman–Crippen LogP) is 1.28. The second-order valence-electron chi connectivity index (χ2n) is 5.51. The Balaban J connectivity index is 1.52. The average Bonchev–Trinajstić information content (AvgIpc) is 2.80. The Morgan fingerprint density at radius 1 is 1.20 bits per heavy atom. The largest absolute Gasteiger partial charge is 0.300 e. The van der Waals surface area contributed by atoms with E-state index in [0.717, 1.165) is 26.1 Å². The number of sulfonamides is 1. The highest BCUT2D eigenvalue weighted by molar-refractivity contribution is 8.00. The van der Waals surface area contributed by atoms with Gasteiger partial charge in [0.1, 0.15) is 0 Å². The summed E-state index contributed by atoms with van der Waals surface area (Å²) >= 11 is 1.96. The third kappa shape index (κ3) is 3.19. The summed E-state index contributed by atoms with van der Waals surface area (Å²) < 4.78 is 24.6. The highest BCUT2D eigenvalue weighted by atomic mass is 32.2. The van der Waals surface area contributed by atoms with Gasteiger partial charge < -0.3 is 0 Å². The average molecular weight is 312 g/mol. The van der Waals surface area contributed by atoms with Crippen LogP contribution in [-0.4, -0.2) is 61.9 Å². The molecule has 0 aromatic heterocycles. The lowest BCUT2D eigenvalue weighted by Crippen LogP contribution is -2.49. The third-order valence-corrected chi connectivity index (χ3v) is 6.58. The van der Waals surface area contributed by atoms with Gasteiger partial charge in [0.2, 0.25) is 10.0 Å².